The fourth-order valence-corrected chi connectivity index (χ4v) is 1.52. The largest absolute Gasteiger partial charge is 0.484 e. The Morgan fingerprint density at radius 3 is 2.70 bits per heavy atom. The summed E-state index contributed by atoms with van der Waals surface area (Å²) in [6.45, 7) is 3.15. The van der Waals surface area contributed by atoms with Crippen LogP contribution in [0.25, 0.3) is 0 Å². The van der Waals surface area contributed by atoms with Gasteiger partial charge in [0.25, 0.3) is 0 Å². The van der Waals surface area contributed by atoms with Crippen LogP contribution in [0.3, 0.4) is 0 Å². The van der Waals surface area contributed by atoms with Crippen LogP contribution in [-0.4, -0.2) is 34.7 Å². The van der Waals surface area contributed by atoms with E-state index < -0.39 is 28.4 Å². The molecule has 1 unspecified atom stereocenters. The highest BCUT2D eigenvalue weighted by Crippen LogP contribution is 2.27. The third kappa shape index (κ3) is 4.47. The first-order valence-corrected chi connectivity index (χ1v) is 5.87. The molecular weight excluding hydrogens is 271 g/mol. The Bertz CT molecular complexity index is 507. The second-order valence-corrected chi connectivity index (χ2v) is 4.39. The van der Waals surface area contributed by atoms with Gasteiger partial charge in [0, 0.05) is 18.2 Å². The number of carboxylic acid groups (broad SMARTS) is 1. The number of ether oxygens (including phenoxy) is 1. The van der Waals surface area contributed by atoms with Crippen LogP contribution in [0.2, 0.25) is 0 Å². The molecule has 2 N–H and O–H groups in total. The number of nitrogens with zero attached hydrogens (tertiary/aromatic N) is 1. The zero-order valence-corrected chi connectivity index (χ0v) is 11.0. The average molecular weight is 286 g/mol. The van der Waals surface area contributed by atoms with E-state index in [0.717, 1.165) is 18.2 Å². The Balaban J connectivity index is 2.84. The second kappa shape index (κ2) is 6.80. The summed E-state index contributed by atoms with van der Waals surface area (Å²) in [6.07, 6.45) is 0. The van der Waals surface area contributed by atoms with Gasteiger partial charge in [0.2, 0.25) is 0 Å². The fourth-order valence-electron chi connectivity index (χ4n) is 1.52. The van der Waals surface area contributed by atoms with E-state index in [9.17, 15) is 19.3 Å². The smallest absolute Gasteiger partial charge is 0.324 e. The van der Waals surface area contributed by atoms with Crippen molar-refractivity contribution < 1.29 is 24.0 Å². The molecule has 0 fully saturated rings. The first-order valence-electron chi connectivity index (χ1n) is 5.87. The molecule has 0 aromatic heterocycles. The zero-order chi connectivity index (χ0) is 15.3. The van der Waals surface area contributed by atoms with Gasteiger partial charge in [-0.2, -0.15) is 0 Å². The monoisotopic (exact) mass is 286 g/mol. The van der Waals surface area contributed by atoms with Crippen molar-refractivity contribution in [2.24, 2.45) is 0 Å². The van der Waals surface area contributed by atoms with Crippen LogP contribution in [0.4, 0.5) is 10.1 Å². The van der Waals surface area contributed by atoms with E-state index in [-0.39, 0.29) is 18.4 Å². The van der Waals surface area contributed by atoms with Crippen molar-refractivity contribution in [2.45, 2.75) is 25.9 Å². The Hall–Kier alpha value is -2.22. The highest BCUT2D eigenvalue weighted by Gasteiger charge is 2.22. The molecular formula is C12H15FN2O5. The minimum atomic E-state index is -1.15. The van der Waals surface area contributed by atoms with Gasteiger partial charge in [-0.25, -0.2) is 4.39 Å². The second-order valence-electron chi connectivity index (χ2n) is 4.39. The van der Waals surface area contributed by atoms with Gasteiger partial charge >= 0.3 is 11.7 Å². The molecule has 0 saturated heterocycles. The highest BCUT2D eigenvalue weighted by atomic mass is 19.1. The van der Waals surface area contributed by atoms with Crippen LogP contribution < -0.4 is 10.1 Å². The molecule has 110 valence electrons. The van der Waals surface area contributed by atoms with Crippen LogP contribution in [0.1, 0.15) is 13.8 Å². The Morgan fingerprint density at radius 2 is 2.20 bits per heavy atom. The standard InChI is InChI=1S/C12H15FN2O5/c1-7(2)14-9(12(16)17)6-20-11-5-8(13)3-4-10(11)15(18)19/h3-5,7,9,14H,6H2,1-2H3,(H,16,17). The number of nitro benzene ring substituents is 1. The molecule has 20 heavy (non-hydrogen) atoms. The van der Waals surface area contributed by atoms with Gasteiger partial charge in [-0.15, -0.1) is 0 Å². The predicted molar refractivity (Wildman–Crippen MR) is 68.2 cm³/mol. The van der Waals surface area contributed by atoms with Crippen molar-refractivity contribution in [2.75, 3.05) is 6.61 Å². The molecule has 0 spiro atoms. The molecule has 0 amide bonds. The molecule has 1 rings (SSSR count). The molecule has 0 bridgehead atoms. The lowest BCUT2D eigenvalue weighted by atomic mass is 10.2. The number of hydrogen-bond acceptors (Lipinski definition) is 5. The highest BCUT2D eigenvalue weighted by molar-refractivity contribution is 5.73. The number of carbonyl (C=O) groups is 1. The van der Waals surface area contributed by atoms with Gasteiger partial charge in [-0.1, -0.05) is 13.8 Å². The number of aliphatic carboxylic acids is 1. The average Bonchev–Trinajstić information content (AvgIpc) is 2.33. The molecule has 7 nitrogen and oxygen atoms in total. The van der Waals surface area contributed by atoms with Gasteiger partial charge < -0.3 is 9.84 Å². The molecule has 8 heteroatoms. The number of nitrogens with one attached hydrogen (secondary N) is 1. The molecule has 0 saturated carbocycles. The van der Waals surface area contributed by atoms with Gasteiger partial charge in [0.1, 0.15) is 18.5 Å². The lowest BCUT2D eigenvalue weighted by Crippen LogP contribution is -2.44. The Labute approximate surface area is 114 Å². The summed E-state index contributed by atoms with van der Waals surface area (Å²) >= 11 is 0. The lowest BCUT2D eigenvalue weighted by molar-refractivity contribution is -0.385. The number of nitro groups is 1. The van der Waals surface area contributed by atoms with Crippen LogP contribution in [-0.2, 0) is 4.79 Å². The lowest BCUT2D eigenvalue weighted by Gasteiger charge is -2.17. The maximum atomic E-state index is 13.1. The topological polar surface area (TPSA) is 102 Å². The summed E-state index contributed by atoms with van der Waals surface area (Å²) in [5.41, 5.74) is -0.417. The third-order valence-corrected chi connectivity index (χ3v) is 2.36. The predicted octanol–water partition coefficient (Wildman–Crippen LogP) is 1.56. The van der Waals surface area contributed by atoms with E-state index in [4.69, 9.17) is 9.84 Å². The van der Waals surface area contributed by atoms with Crippen molar-refractivity contribution in [1.29, 1.82) is 0 Å². The summed E-state index contributed by atoms with van der Waals surface area (Å²) in [5.74, 6) is -2.15. The maximum Gasteiger partial charge on any atom is 0.324 e. The van der Waals surface area contributed by atoms with Crippen LogP contribution in [0.15, 0.2) is 18.2 Å². The molecule has 1 aromatic carbocycles. The van der Waals surface area contributed by atoms with Crippen molar-refractivity contribution in [3.8, 4) is 5.75 Å². The van der Waals surface area contributed by atoms with E-state index in [1.807, 2.05) is 0 Å². The first kappa shape index (κ1) is 15.8. The molecule has 0 radical (unpaired) electrons. The molecule has 1 aromatic rings. The molecule has 0 heterocycles. The van der Waals surface area contributed by atoms with Gasteiger partial charge in [0.15, 0.2) is 5.75 Å². The van der Waals surface area contributed by atoms with Crippen molar-refractivity contribution >= 4 is 11.7 Å². The Morgan fingerprint density at radius 1 is 1.55 bits per heavy atom. The summed E-state index contributed by atoms with van der Waals surface area (Å²) in [5, 5.41) is 22.5. The van der Waals surface area contributed by atoms with Gasteiger partial charge in [0.05, 0.1) is 4.92 Å². The van der Waals surface area contributed by atoms with E-state index in [0.29, 0.717) is 0 Å². The summed E-state index contributed by atoms with van der Waals surface area (Å²) < 4.78 is 18.1. The summed E-state index contributed by atoms with van der Waals surface area (Å²) in [7, 11) is 0. The van der Waals surface area contributed by atoms with Gasteiger partial charge in [-0.3, -0.25) is 20.2 Å². The van der Waals surface area contributed by atoms with Crippen molar-refractivity contribution in [3.63, 3.8) is 0 Å². The number of carboxylic acids is 1. The quantitative estimate of drug-likeness (QED) is 0.582. The number of rotatable bonds is 7. The number of hydrogen-bond donors (Lipinski definition) is 2. The molecule has 0 aliphatic heterocycles. The number of halogens is 1. The Kier molecular flexibility index (Phi) is 5.39. The first-order chi connectivity index (χ1) is 9.31. The maximum absolute atomic E-state index is 13.1. The fraction of sp³-hybridized carbons (Fsp3) is 0.417. The molecule has 1 atom stereocenters. The molecule has 0 aliphatic carbocycles. The van der Waals surface area contributed by atoms with Crippen LogP contribution in [0.5, 0.6) is 5.75 Å². The molecule has 0 aliphatic rings. The SMILES string of the molecule is CC(C)NC(COc1cc(F)ccc1[N+](=O)[O-])C(=O)O. The summed E-state index contributed by atoms with van der Waals surface area (Å²) in [6, 6.07) is 1.61. The van der Waals surface area contributed by atoms with E-state index in [1.165, 1.54) is 0 Å². The van der Waals surface area contributed by atoms with Crippen LogP contribution >= 0.6 is 0 Å². The minimum Gasteiger partial charge on any atom is -0.484 e. The van der Waals surface area contributed by atoms with Gasteiger partial charge in [-0.05, 0) is 6.07 Å². The normalized spacial score (nSPS) is 12.2. The third-order valence-electron chi connectivity index (χ3n) is 2.36. The van der Waals surface area contributed by atoms with E-state index >= 15 is 0 Å². The minimum absolute atomic E-state index is 0.109. The van der Waals surface area contributed by atoms with Crippen molar-refractivity contribution in [1.82, 2.24) is 5.32 Å². The van der Waals surface area contributed by atoms with Crippen molar-refractivity contribution in [3.05, 3.63) is 34.1 Å². The zero-order valence-electron chi connectivity index (χ0n) is 11.0. The number of benzene rings is 1. The summed E-state index contributed by atoms with van der Waals surface area (Å²) in [4.78, 5) is 21.0. The van der Waals surface area contributed by atoms with Crippen LogP contribution in [0, 0.1) is 15.9 Å². The van der Waals surface area contributed by atoms with E-state index in [2.05, 4.69) is 5.32 Å². The van der Waals surface area contributed by atoms with E-state index in [1.54, 1.807) is 13.8 Å².